The lowest BCUT2D eigenvalue weighted by atomic mass is 10.2. The van der Waals surface area contributed by atoms with Crippen LogP contribution in [0.3, 0.4) is 0 Å². The van der Waals surface area contributed by atoms with Gasteiger partial charge in [-0.1, -0.05) is 11.6 Å². The quantitative estimate of drug-likeness (QED) is 0.729. The van der Waals surface area contributed by atoms with Crippen molar-refractivity contribution in [3.63, 3.8) is 0 Å². The van der Waals surface area contributed by atoms with Gasteiger partial charge in [0, 0.05) is 41.6 Å². The van der Waals surface area contributed by atoms with Crippen molar-refractivity contribution in [3.05, 3.63) is 54.0 Å². The monoisotopic (exact) mass is 370 g/mol. The highest BCUT2D eigenvalue weighted by Crippen LogP contribution is 2.29. The number of anilines is 3. The molecule has 2 aromatic heterocycles. The molecule has 0 amide bonds. The van der Waals surface area contributed by atoms with Gasteiger partial charge in [0.05, 0.1) is 11.6 Å². The van der Waals surface area contributed by atoms with Gasteiger partial charge in [-0.2, -0.15) is 15.2 Å². The summed E-state index contributed by atoms with van der Waals surface area (Å²) >= 11 is 5.81. The number of hydrazine groups is 1. The third-order valence-electron chi connectivity index (χ3n) is 3.55. The van der Waals surface area contributed by atoms with Crippen LogP contribution in [-0.4, -0.2) is 32.7 Å². The summed E-state index contributed by atoms with van der Waals surface area (Å²) in [5, 5.41) is 8.80. The molecule has 0 spiro atoms. The molecular weight excluding hydrogens is 359 g/mol. The maximum absolute atomic E-state index is 13.3. The van der Waals surface area contributed by atoms with Gasteiger partial charge in [-0.3, -0.25) is 0 Å². The Hall–Kier alpha value is -3.17. The van der Waals surface area contributed by atoms with E-state index in [0.29, 0.717) is 29.6 Å². The standard InChI is InChI=1S/C16H12ClFN8/c17-13-5-11(1-2-14(13)18)24-16-21-8-12(10-6-19-9-20-7-10)15(25-16)26-22-3-4-23-26/h1-3,5-9,23H,4H2,(H,21,24,25). The van der Waals surface area contributed by atoms with E-state index < -0.39 is 5.82 Å². The lowest BCUT2D eigenvalue weighted by Crippen LogP contribution is -2.29. The number of halogens is 2. The summed E-state index contributed by atoms with van der Waals surface area (Å²) < 4.78 is 13.3. The van der Waals surface area contributed by atoms with Crippen LogP contribution in [0, 0.1) is 5.82 Å². The number of benzene rings is 1. The molecule has 0 fully saturated rings. The van der Waals surface area contributed by atoms with Crippen molar-refractivity contribution in [2.45, 2.75) is 0 Å². The van der Waals surface area contributed by atoms with Gasteiger partial charge in [-0.15, -0.1) is 0 Å². The van der Waals surface area contributed by atoms with Crippen molar-refractivity contribution < 1.29 is 4.39 Å². The van der Waals surface area contributed by atoms with Gasteiger partial charge >= 0.3 is 0 Å². The number of hydrogen-bond donors (Lipinski definition) is 2. The van der Waals surface area contributed by atoms with Crippen LogP contribution in [0.4, 0.5) is 21.8 Å². The van der Waals surface area contributed by atoms with E-state index in [4.69, 9.17) is 11.6 Å². The largest absolute Gasteiger partial charge is 0.324 e. The van der Waals surface area contributed by atoms with Crippen LogP contribution in [-0.2, 0) is 0 Å². The topological polar surface area (TPSA) is 91.2 Å². The molecule has 0 saturated carbocycles. The number of hydrazone groups is 1. The molecule has 0 atom stereocenters. The first-order chi connectivity index (χ1) is 12.7. The fourth-order valence-electron chi connectivity index (χ4n) is 2.36. The first-order valence-electron chi connectivity index (χ1n) is 7.61. The molecule has 8 nitrogen and oxygen atoms in total. The van der Waals surface area contributed by atoms with Crippen molar-refractivity contribution in [3.8, 4) is 11.1 Å². The molecule has 0 saturated heterocycles. The van der Waals surface area contributed by atoms with Crippen LogP contribution >= 0.6 is 11.6 Å². The second-order valence-corrected chi connectivity index (χ2v) is 5.69. The van der Waals surface area contributed by atoms with Crippen LogP contribution in [0.15, 0.2) is 48.2 Å². The van der Waals surface area contributed by atoms with Crippen LogP contribution in [0.1, 0.15) is 0 Å². The molecule has 10 heteroatoms. The molecule has 1 aliphatic rings. The molecule has 3 aromatic rings. The predicted molar refractivity (Wildman–Crippen MR) is 96.7 cm³/mol. The van der Waals surface area contributed by atoms with Crippen LogP contribution in [0.2, 0.25) is 5.02 Å². The molecule has 0 aliphatic carbocycles. The fourth-order valence-corrected chi connectivity index (χ4v) is 2.54. The van der Waals surface area contributed by atoms with E-state index in [-0.39, 0.29) is 5.02 Å². The number of nitrogens with one attached hydrogen (secondary N) is 2. The van der Waals surface area contributed by atoms with Crippen molar-refractivity contribution in [1.29, 1.82) is 0 Å². The Morgan fingerprint density at radius 3 is 2.77 bits per heavy atom. The number of aromatic nitrogens is 4. The Morgan fingerprint density at radius 2 is 2.04 bits per heavy atom. The molecular formula is C16H12ClFN8. The van der Waals surface area contributed by atoms with Crippen LogP contribution in [0.5, 0.6) is 0 Å². The van der Waals surface area contributed by atoms with Crippen molar-refractivity contribution >= 4 is 35.3 Å². The Balaban J connectivity index is 1.72. The van der Waals surface area contributed by atoms with Gasteiger partial charge in [-0.05, 0) is 18.2 Å². The average molecular weight is 371 g/mol. The number of nitrogens with zero attached hydrogens (tertiary/aromatic N) is 6. The molecule has 0 radical (unpaired) electrons. The van der Waals surface area contributed by atoms with Gasteiger partial charge in [-0.25, -0.2) is 24.8 Å². The molecule has 1 aromatic carbocycles. The zero-order chi connectivity index (χ0) is 17.9. The minimum Gasteiger partial charge on any atom is -0.324 e. The first kappa shape index (κ1) is 16.3. The predicted octanol–water partition coefficient (Wildman–Crippen LogP) is 2.78. The summed E-state index contributed by atoms with van der Waals surface area (Å²) in [6.07, 6.45) is 8.15. The summed E-state index contributed by atoms with van der Waals surface area (Å²) in [6.45, 7) is 0.588. The highest BCUT2D eigenvalue weighted by Gasteiger charge is 2.18. The van der Waals surface area contributed by atoms with Gasteiger partial charge in [0.1, 0.15) is 12.1 Å². The first-order valence-corrected chi connectivity index (χ1v) is 7.99. The fraction of sp³-hybridized carbons (Fsp3) is 0.0625. The summed E-state index contributed by atoms with van der Waals surface area (Å²) in [5.74, 6) is 0.347. The molecule has 1 aliphatic heterocycles. The Morgan fingerprint density at radius 1 is 1.19 bits per heavy atom. The van der Waals surface area contributed by atoms with E-state index in [9.17, 15) is 4.39 Å². The Bertz CT molecular complexity index is 966. The lowest BCUT2D eigenvalue weighted by Gasteiger charge is -2.17. The summed E-state index contributed by atoms with van der Waals surface area (Å²) in [7, 11) is 0. The Labute approximate surface area is 152 Å². The number of hydrogen-bond acceptors (Lipinski definition) is 8. The summed E-state index contributed by atoms with van der Waals surface area (Å²) in [4.78, 5) is 16.9. The van der Waals surface area contributed by atoms with Gasteiger partial charge in [0.15, 0.2) is 5.82 Å². The van der Waals surface area contributed by atoms with Gasteiger partial charge < -0.3 is 5.32 Å². The third-order valence-corrected chi connectivity index (χ3v) is 3.84. The highest BCUT2D eigenvalue weighted by molar-refractivity contribution is 6.31. The van der Waals surface area contributed by atoms with Crippen molar-refractivity contribution in [2.24, 2.45) is 5.10 Å². The van der Waals surface area contributed by atoms with Gasteiger partial charge in [0.2, 0.25) is 5.95 Å². The van der Waals surface area contributed by atoms with Gasteiger partial charge in [0.25, 0.3) is 0 Å². The molecule has 2 N–H and O–H groups in total. The van der Waals surface area contributed by atoms with E-state index in [1.165, 1.54) is 18.5 Å². The number of rotatable bonds is 4. The third kappa shape index (κ3) is 3.30. The van der Waals surface area contributed by atoms with E-state index in [1.807, 2.05) is 0 Å². The van der Waals surface area contributed by atoms with Crippen molar-refractivity contribution in [1.82, 2.24) is 25.4 Å². The minimum atomic E-state index is -0.492. The maximum Gasteiger partial charge on any atom is 0.229 e. The average Bonchev–Trinajstić information content (AvgIpc) is 3.20. The van der Waals surface area contributed by atoms with E-state index in [1.54, 1.807) is 36.0 Å². The normalized spacial score (nSPS) is 13.2. The molecule has 4 rings (SSSR count). The molecule has 0 unspecified atom stereocenters. The summed E-state index contributed by atoms with van der Waals surface area (Å²) in [5.41, 5.74) is 5.10. The van der Waals surface area contributed by atoms with Crippen molar-refractivity contribution in [2.75, 3.05) is 17.0 Å². The SMILES string of the molecule is Fc1ccc(Nc2ncc(-c3cncnc3)c(N3N=CCN3)n2)cc1Cl. The smallest absolute Gasteiger partial charge is 0.229 e. The van der Waals surface area contributed by atoms with Crippen LogP contribution in [0.25, 0.3) is 11.1 Å². The maximum atomic E-state index is 13.3. The second kappa shape index (κ2) is 6.98. The van der Waals surface area contributed by atoms with E-state index in [2.05, 4.69) is 35.8 Å². The zero-order valence-electron chi connectivity index (χ0n) is 13.3. The Kier molecular flexibility index (Phi) is 4.38. The minimum absolute atomic E-state index is 0.0130. The van der Waals surface area contributed by atoms with E-state index in [0.717, 1.165) is 5.56 Å². The zero-order valence-corrected chi connectivity index (χ0v) is 14.0. The molecule has 3 heterocycles. The second-order valence-electron chi connectivity index (χ2n) is 5.28. The highest BCUT2D eigenvalue weighted by atomic mass is 35.5. The molecule has 130 valence electrons. The lowest BCUT2D eigenvalue weighted by molar-refractivity contribution is 0.628. The van der Waals surface area contributed by atoms with Crippen LogP contribution < -0.4 is 15.9 Å². The summed E-state index contributed by atoms with van der Waals surface area (Å²) in [6, 6.07) is 4.29. The molecule has 26 heavy (non-hydrogen) atoms. The van der Waals surface area contributed by atoms with E-state index >= 15 is 0 Å². The molecule has 0 bridgehead atoms.